The smallest absolute Gasteiger partial charge is 0.301 e. The number of benzene rings is 3. The first-order valence-electron chi connectivity index (χ1n) is 22.8. The highest BCUT2D eigenvalue weighted by atomic mass is 32.2. The number of fused-ring (bicyclic) bond motifs is 2. The Morgan fingerprint density at radius 2 is 1.65 bits per heavy atom. The second-order valence-corrected chi connectivity index (χ2v) is 21.0. The number of imide groups is 1. The standard InChI is InChI=1S/C48H48F3N9O7S/c49-31-11-14-59(22-31)68(66,67)55-38-8-7-37(50)41(42(38)51)43(62)36-20-53-44-35(36)18-29(19-52-44)28-1-3-32(4-2-28)58-25-47(26-58)23-56(24-47)27-48(65)12-15-57(16-13-48)33-5-6-34-30(17-33)21-60(46(34)64)39-9-10-40(61)54-45(39)63/h1-8,17-20,31,39,55,65H,9-16,21-27H2,(H,52,53)(H,54,61,63)/t31-,39?/m1/s1. The number of anilines is 3. The lowest BCUT2D eigenvalue weighted by atomic mass is 9.71. The van der Waals surface area contributed by atoms with Gasteiger partial charge in [0.25, 0.3) is 5.91 Å². The Labute approximate surface area is 389 Å². The third-order valence-corrected chi connectivity index (χ3v) is 16.1. The number of pyridine rings is 1. The van der Waals surface area contributed by atoms with E-state index in [2.05, 4.69) is 30.0 Å². The van der Waals surface area contributed by atoms with Crippen molar-refractivity contribution in [2.75, 3.05) is 73.4 Å². The van der Waals surface area contributed by atoms with E-state index in [-0.39, 0.29) is 42.2 Å². The Hall–Kier alpha value is -6.35. The largest absolute Gasteiger partial charge is 0.388 e. The lowest BCUT2D eigenvalue weighted by Crippen LogP contribution is -2.73. The van der Waals surface area contributed by atoms with Crippen molar-refractivity contribution in [3.63, 3.8) is 0 Å². The third kappa shape index (κ3) is 7.85. The molecule has 68 heavy (non-hydrogen) atoms. The summed E-state index contributed by atoms with van der Waals surface area (Å²) in [4.78, 5) is 66.8. The molecule has 5 saturated heterocycles. The number of halogens is 3. The van der Waals surface area contributed by atoms with Crippen LogP contribution in [0.25, 0.3) is 22.2 Å². The van der Waals surface area contributed by atoms with Crippen LogP contribution in [0, 0.1) is 17.0 Å². The molecule has 8 heterocycles. The fraction of sp³-hybridized carbons (Fsp3) is 0.396. The number of ketones is 1. The first-order valence-corrected chi connectivity index (χ1v) is 24.2. The van der Waals surface area contributed by atoms with Gasteiger partial charge in [-0.25, -0.2) is 18.2 Å². The SMILES string of the molecule is O=C1CCC(N2Cc3cc(N4CCC(O)(CN5CC6(C5)CN(c5ccc(-c7cnc8[nH]cc(C(=O)c9c(F)ccc(NS(=O)(=O)N%10CC[C@@H](F)C%10)c9F)c8c7)cc5)C6)CC4)ccc3C2=O)C(=O)N1. The highest BCUT2D eigenvalue weighted by Gasteiger charge is 2.53. The maximum atomic E-state index is 15.8. The molecule has 2 atom stereocenters. The van der Waals surface area contributed by atoms with Gasteiger partial charge in [-0.15, -0.1) is 0 Å². The molecule has 2 aromatic heterocycles. The number of β-amino-alcohol motifs (C(OH)–C–C–N with tert-alkyl or cyclic N) is 1. The number of nitrogens with one attached hydrogen (secondary N) is 3. The van der Waals surface area contributed by atoms with Crippen molar-refractivity contribution in [2.45, 2.75) is 56.5 Å². The summed E-state index contributed by atoms with van der Waals surface area (Å²) in [6.07, 6.45) is 3.33. The highest BCUT2D eigenvalue weighted by Crippen LogP contribution is 2.44. The average molecular weight is 952 g/mol. The summed E-state index contributed by atoms with van der Waals surface area (Å²) >= 11 is 0. The molecule has 16 nitrogen and oxygen atoms in total. The van der Waals surface area contributed by atoms with Crippen LogP contribution in [0.4, 0.5) is 30.2 Å². The molecule has 0 aliphatic carbocycles. The van der Waals surface area contributed by atoms with Crippen LogP contribution in [0.5, 0.6) is 0 Å². The molecule has 3 aromatic carbocycles. The lowest BCUT2D eigenvalue weighted by Gasteiger charge is -2.62. The Morgan fingerprint density at radius 1 is 0.897 bits per heavy atom. The van der Waals surface area contributed by atoms with Crippen molar-refractivity contribution in [1.82, 2.24) is 29.4 Å². The molecule has 0 radical (unpaired) electrons. The first kappa shape index (κ1) is 44.2. The predicted molar refractivity (Wildman–Crippen MR) is 245 cm³/mol. The van der Waals surface area contributed by atoms with E-state index in [0.29, 0.717) is 67.6 Å². The molecule has 6 aliphatic rings. The minimum atomic E-state index is -4.36. The van der Waals surface area contributed by atoms with E-state index in [1.807, 2.05) is 47.2 Å². The zero-order chi connectivity index (χ0) is 47.3. The number of H-pyrrole nitrogens is 1. The lowest BCUT2D eigenvalue weighted by molar-refractivity contribution is -0.136. The van der Waals surface area contributed by atoms with Gasteiger partial charge in [0.05, 0.1) is 16.9 Å². The monoisotopic (exact) mass is 951 g/mol. The van der Waals surface area contributed by atoms with Crippen LogP contribution in [0.1, 0.15) is 63.9 Å². The van der Waals surface area contributed by atoms with E-state index < -0.39 is 69.1 Å². The predicted octanol–water partition coefficient (Wildman–Crippen LogP) is 4.35. The minimum absolute atomic E-state index is 0.00179. The third-order valence-electron chi connectivity index (χ3n) is 14.6. The van der Waals surface area contributed by atoms with Gasteiger partial charge in [-0.2, -0.15) is 12.7 Å². The average Bonchev–Trinajstić information content (AvgIpc) is 4.02. The zero-order valence-corrected chi connectivity index (χ0v) is 37.6. The van der Waals surface area contributed by atoms with Crippen LogP contribution in [0.3, 0.4) is 0 Å². The quantitative estimate of drug-likeness (QED) is 0.109. The number of hydrogen-bond donors (Lipinski definition) is 4. The fourth-order valence-electron chi connectivity index (χ4n) is 11.0. The molecular weight excluding hydrogens is 904 g/mol. The van der Waals surface area contributed by atoms with Crippen LogP contribution in [-0.4, -0.2) is 138 Å². The molecule has 354 valence electrons. The number of carbonyl (C=O) groups excluding carboxylic acids is 4. The number of aromatic amines is 1. The van der Waals surface area contributed by atoms with Crippen molar-refractivity contribution >= 4 is 61.8 Å². The van der Waals surface area contributed by atoms with Gasteiger partial charge in [-0.05, 0) is 85.3 Å². The normalized spacial score (nSPS) is 22.6. The number of likely N-dealkylation sites (tertiary alicyclic amines) is 1. The van der Waals surface area contributed by atoms with Gasteiger partial charge < -0.3 is 24.8 Å². The van der Waals surface area contributed by atoms with E-state index in [1.165, 1.54) is 6.20 Å². The number of amides is 3. The number of hydrogen-bond acceptors (Lipinski definition) is 11. The van der Waals surface area contributed by atoms with E-state index >= 15 is 8.78 Å². The second kappa shape index (κ2) is 16.4. The van der Waals surface area contributed by atoms with Crippen LogP contribution >= 0.6 is 0 Å². The van der Waals surface area contributed by atoms with Gasteiger partial charge in [0, 0.05) is 123 Å². The molecule has 4 N–H and O–H groups in total. The van der Waals surface area contributed by atoms with Crippen molar-refractivity contribution in [1.29, 1.82) is 0 Å². The van der Waals surface area contributed by atoms with Gasteiger partial charge in [0.1, 0.15) is 23.7 Å². The van der Waals surface area contributed by atoms with Crippen LogP contribution in [0.15, 0.2) is 73.1 Å². The minimum Gasteiger partial charge on any atom is -0.388 e. The molecule has 6 aliphatic heterocycles. The van der Waals surface area contributed by atoms with Crippen LogP contribution in [0.2, 0.25) is 0 Å². The summed E-state index contributed by atoms with van der Waals surface area (Å²) < 4.78 is 73.1. The Bertz CT molecular complexity index is 3020. The number of carbonyl (C=O) groups is 4. The number of piperidine rings is 2. The van der Waals surface area contributed by atoms with E-state index in [0.717, 1.165) is 65.1 Å². The Kier molecular flexibility index (Phi) is 10.7. The summed E-state index contributed by atoms with van der Waals surface area (Å²) in [5, 5.41) is 14.3. The molecule has 11 rings (SSSR count). The molecule has 20 heteroatoms. The van der Waals surface area contributed by atoms with Crippen molar-refractivity contribution in [3.05, 3.63) is 107 Å². The number of aliphatic hydroxyl groups is 1. The number of rotatable bonds is 11. The van der Waals surface area contributed by atoms with E-state index in [1.54, 1.807) is 17.2 Å². The summed E-state index contributed by atoms with van der Waals surface area (Å²) in [5.41, 5.74) is 2.96. The molecule has 5 fully saturated rings. The maximum absolute atomic E-state index is 15.8. The number of aromatic nitrogens is 2. The van der Waals surface area contributed by atoms with Crippen LogP contribution in [-0.2, 0) is 26.3 Å². The topological polar surface area (TPSA) is 192 Å². The second-order valence-electron chi connectivity index (χ2n) is 19.3. The Morgan fingerprint density at radius 3 is 2.37 bits per heavy atom. The van der Waals surface area contributed by atoms with Gasteiger partial charge >= 0.3 is 10.2 Å². The van der Waals surface area contributed by atoms with Crippen molar-refractivity contribution < 1.29 is 45.9 Å². The summed E-state index contributed by atoms with van der Waals surface area (Å²) in [5.74, 6) is -4.52. The van der Waals surface area contributed by atoms with Gasteiger partial charge in [0.15, 0.2) is 5.82 Å². The van der Waals surface area contributed by atoms with E-state index in [4.69, 9.17) is 0 Å². The van der Waals surface area contributed by atoms with E-state index in [9.17, 15) is 37.1 Å². The zero-order valence-electron chi connectivity index (χ0n) is 36.8. The first-order chi connectivity index (χ1) is 32.5. The van der Waals surface area contributed by atoms with Gasteiger partial charge in [-0.3, -0.25) is 34.1 Å². The number of nitrogens with zero attached hydrogens (tertiary/aromatic N) is 6. The maximum Gasteiger partial charge on any atom is 0.301 e. The van der Waals surface area contributed by atoms with Crippen LogP contribution < -0.4 is 19.8 Å². The number of alkyl halides is 1. The molecule has 5 aromatic rings. The highest BCUT2D eigenvalue weighted by molar-refractivity contribution is 7.90. The summed E-state index contributed by atoms with van der Waals surface area (Å²) in [6.45, 7) is 5.32. The fourth-order valence-corrected chi connectivity index (χ4v) is 12.2. The van der Waals surface area contributed by atoms with Crippen molar-refractivity contribution in [2.24, 2.45) is 5.41 Å². The molecule has 0 bridgehead atoms. The van der Waals surface area contributed by atoms with Gasteiger partial charge in [0.2, 0.25) is 17.6 Å². The Balaban J connectivity index is 0.679. The molecule has 1 spiro atoms. The van der Waals surface area contributed by atoms with Gasteiger partial charge in [-0.1, -0.05) is 12.1 Å². The molecule has 0 saturated carbocycles. The molecule has 1 unspecified atom stereocenters. The molecule has 3 amide bonds. The summed E-state index contributed by atoms with van der Waals surface area (Å²) in [7, 11) is -4.36. The summed E-state index contributed by atoms with van der Waals surface area (Å²) in [6, 6.07) is 16.4. The molecular formula is C48H48F3N9O7S. The van der Waals surface area contributed by atoms with Crippen molar-refractivity contribution in [3.8, 4) is 11.1 Å².